The smallest absolute Gasteiger partial charge is 0.130 e. The van der Waals surface area contributed by atoms with E-state index in [1.807, 2.05) is 0 Å². The molecule has 0 aliphatic carbocycles. The Balaban J connectivity index is 2.44. The third-order valence-corrected chi connectivity index (χ3v) is 3.69. The lowest BCUT2D eigenvalue weighted by Crippen LogP contribution is -2.00. The van der Waals surface area contributed by atoms with E-state index in [1.54, 1.807) is 0 Å². The third-order valence-electron chi connectivity index (χ3n) is 2.47. The van der Waals surface area contributed by atoms with E-state index >= 15 is 0 Å². The fourth-order valence-electron chi connectivity index (χ4n) is 1.58. The molecule has 0 heterocycles. The highest BCUT2D eigenvalue weighted by Gasteiger charge is 2.18. The van der Waals surface area contributed by atoms with Gasteiger partial charge in [0, 0.05) is 22.2 Å². The van der Waals surface area contributed by atoms with Crippen LogP contribution in [0.5, 0.6) is 0 Å². The Morgan fingerprint density at radius 1 is 0.889 bits per heavy atom. The zero-order valence-electron chi connectivity index (χ0n) is 8.93. The number of rotatable bonds is 2. The number of benzene rings is 2. The molecule has 5 heteroatoms. The maximum Gasteiger partial charge on any atom is 0.130 e. The number of hydrogen-bond donors (Lipinski definition) is 0. The second kappa shape index (κ2) is 5.33. The van der Waals surface area contributed by atoms with Gasteiger partial charge in [0.2, 0.25) is 0 Å². The Bertz CT molecular complexity index is 535. The van der Waals surface area contributed by atoms with Crippen LogP contribution < -0.4 is 0 Å². The van der Waals surface area contributed by atoms with Crippen molar-refractivity contribution < 1.29 is 13.2 Å². The van der Waals surface area contributed by atoms with Crippen molar-refractivity contribution in [2.24, 2.45) is 0 Å². The van der Waals surface area contributed by atoms with E-state index in [0.717, 1.165) is 18.2 Å². The monoisotopic (exact) mass is 334 g/mol. The molecule has 2 aromatic rings. The van der Waals surface area contributed by atoms with Gasteiger partial charge in [-0.1, -0.05) is 39.7 Å². The van der Waals surface area contributed by atoms with Gasteiger partial charge in [0.1, 0.15) is 17.5 Å². The van der Waals surface area contributed by atoms with Crippen molar-refractivity contribution in [3.8, 4) is 0 Å². The summed E-state index contributed by atoms with van der Waals surface area (Å²) in [6, 6.07) is 7.28. The molecule has 2 rings (SSSR count). The molecule has 0 fully saturated rings. The first-order valence-corrected chi connectivity index (χ1v) is 6.32. The van der Waals surface area contributed by atoms with Gasteiger partial charge in [-0.05, 0) is 18.2 Å². The summed E-state index contributed by atoms with van der Waals surface area (Å²) >= 11 is 8.84. The number of hydrogen-bond acceptors (Lipinski definition) is 0. The fourth-order valence-corrected chi connectivity index (χ4v) is 2.48. The predicted octanol–water partition coefficient (Wildman–Crippen LogP) is 5.24. The Labute approximate surface area is 116 Å². The quantitative estimate of drug-likeness (QED) is 0.658. The van der Waals surface area contributed by atoms with Gasteiger partial charge in [-0.15, -0.1) is 0 Å². The Morgan fingerprint density at radius 3 is 2.00 bits per heavy atom. The third kappa shape index (κ3) is 2.70. The Morgan fingerprint density at radius 2 is 1.44 bits per heavy atom. The lowest BCUT2D eigenvalue weighted by atomic mass is 10.0. The van der Waals surface area contributed by atoms with E-state index in [0.29, 0.717) is 0 Å². The summed E-state index contributed by atoms with van der Waals surface area (Å²) in [6.07, 6.45) is 0. The Hall–Kier alpha value is -1.00. The van der Waals surface area contributed by atoms with Gasteiger partial charge in [-0.25, -0.2) is 13.2 Å². The molecule has 0 amide bonds. The van der Waals surface area contributed by atoms with Crippen molar-refractivity contribution in [3.63, 3.8) is 0 Å². The summed E-state index contributed by atoms with van der Waals surface area (Å²) in [4.78, 5) is -0.699. The van der Waals surface area contributed by atoms with Gasteiger partial charge < -0.3 is 0 Å². The second-order valence-corrected chi connectivity index (χ2v) is 5.05. The largest absolute Gasteiger partial charge is 0.207 e. The molecule has 0 aliphatic rings. The van der Waals surface area contributed by atoms with Crippen molar-refractivity contribution in [2.45, 2.75) is 4.83 Å². The van der Waals surface area contributed by atoms with E-state index in [2.05, 4.69) is 15.9 Å². The normalized spacial score (nSPS) is 12.5. The van der Waals surface area contributed by atoms with Crippen LogP contribution in [0.1, 0.15) is 16.0 Å². The zero-order chi connectivity index (χ0) is 13.3. The highest BCUT2D eigenvalue weighted by atomic mass is 79.9. The van der Waals surface area contributed by atoms with Gasteiger partial charge in [-0.3, -0.25) is 0 Å². The van der Waals surface area contributed by atoms with Crippen LogP contribution in [0.4, 0.5) is 13.2 Å². The lowest BCUT2D eigenvalue weighted by molar-refractivity contribution is 0.571. The summed E-state index contributed by atoms with van der Waals surface area (Å²) < 4.78 is 40.1. The van der Waals surface area contributed by atoms with Gasteiger partial charge >= 0.3 is 0 Å². The van der Waals surface area contributed by atoms with Crippen molar-refractivity contribution in [3.05, 3.63) is 70.0 Å². The molecule has 1 unspecified atom stereocenters. The molecule has 0 bridgehead atoms. The highest BCUT2D eigenvalue weighted by molar-refractivity contribution is 9.09. The minimum atomic E-state index is -0.730. The van der Waals surface area contributed by atoms with E-state index in [4.69, 9.17) is 11.6 Å². The molecule has 0 saturated heterocycles. The minimum absolute atomic E-state index is 0.164. The molecule has 0 N–H and O–H groups in total. The maximum absolute atomic E-state index is 13.7. The van der Waals surface area contributed by atoms with Gasteiger partial charge in [-0.2, -0.15) is 0 Å². The summed E-state index contributed by atoms with van der Waals surface area (Å²) in [5, 5.41) is 0.260. The molecular formula is C13H7BrClF3. The average molecular weight is 336 g/mol. The molecule has 0 spiro atoms. The van der Waals surface area contributed by atoms with Gasteiger partial charge in [0.05, 0.1) is 4.83 Å². The molecular weight excluding hydrogens is 328 g/mol. The molecule has 0 saturated carbocycles. The molecule has 1 atom stereocenters. The lowest BCUT2D eigenvalue weighted by Gasteiger charge is -2.13. The molecule has 0 aliphatic heterocycles. The maximum atomic E-state index is 13.7. The summed E-state index contributed by atoms with van der Waals surface area (Å²) in [6.45, 7) is 0. The topological polar surface area (TPSA) is 0 Å². The Kier molecular flexibility index (Phi) is 3.97. The van der Waals surface area contributed by atoms with Crippen molar-refractivity contribution in [1.82, 2.24) is 0 Å². The van der Waals surface area contributed by atoms with Crippen molar-refractivity contribution in [1.29, 1.82) is 0 Å². The van der Waals surface area contributed by atoms with Crippen LogP contribution in [0.2, 0.25) is 5.02 Å². The first-order valence-electron chi connectivity index (χ1n) is 5.03. The van der Waals surface area contributed by atoms with E-state index in [1.165, 1.54) is 18.2 Å². The standard InChI is InChI=1S/C13H7BrClF3/c14-13(9-3-1-7(15)5-11(9)17)10-4-2-8(16)6-12(10)18/h1-6,13H. The molecule has 0 nitrogen and oxygen atoms in total. The van der Waals surface area contributed by atoms with Crippen LogP contribution in [0, 0.1) is 17.5 Å². The zero-order valence-corrected chi connectivity index (χ0v) is 11.3. The van der Waals surface area contributed by atoms with E-state index in [-0.39, 0.29) is 16.1 Å². The first-order chi connectivity index (χ1) is 8.49. The highest BCUT2D eigenvalue weighted by Crippen LogP contribution is 2.34. The molecule has 0 aromatic heterocycles. The number of halogens is 5. The summed E-state index contributed by atoms with van der Waals surface area (Å²) in [7, 11) is 0. The first kappa shape index (κ1) is 13.4. The van der Waals surface area contributed by atoms with Crippen molar-refractivity contribution in [2.75, 3.05) is 0 Å². The fraction of sp³-hybridized carbons (Fsp3) is 0.0769. The van der Waals surface area contributed by atoms with Crippen LogP contribution in [0.25, 0.3) is 0 Å². The van der Waals surface area contributed by atoms with Crippen molar-refractivity contribution >= 4 is 27.5 Å². The van der Waals surface area contributed by atoms with Gasteiger partial charge in [0.25, 0.3) is 0 Å². The minimum Gasteiger partial charge on any atom is -0.207 e. The van der Waals surface area contributed by atoms with E-state index < -0.39 is 22.3 Å². The van der Waals surface area contributed by atoms with Gasteiger partial charge in [0.15, 0.2) is 0 Å². The molecule has 2 aromatic carbocycles. The molecule has 94 valence electrons. The van der Waals surface area contributed by atoms with Crippen LogP contribution >= 0.6 is 27.5 Å². The second-order valence-electron chi connectivity index (χ2n) is 3.69. The molecule has 0 radical (unpaired) electrons. The predicted molar refractivity (Wildman–Crippen MR) is 68.5 cm³/mol. The summed E-state index contributed by atoms with van der Waals surface area (Å²) in [5.41, 5.74) is 0.405. The summed E-state index contributed by atoms with van der Waals surface area (Å²) in [5.74, 6) is -1.95. The number of alkyl halides is 1. The van der Waals surface area contributed by atoms with Crippen LogP contribution in [0.3, 0.4) is 0 Å². The van der Waals surface area contributed by atoms with E-state index in [9.17, 15) is 13.2 Å². The van der Waals surface area contributed by atoms with Crippen LogP contribution in [-0.4, -0.2) is 0 Å². The van der Waals surface area contributed by atoms with Crippen LogP contribution in [0.15, 0.2) is 36.4 Å². The van der Waals surface area contributed by atoms with Crippen LogP contribution in [-0.2, 0) is 0 Å². The average Bonchev–Trinajstić information content (AvgIpc) is 2.28. The molecule has 18 heavy (non-hydrogen) atoms. The SMILES string of the molecule is Fc1ccc(C(Br)c2ccc(Cl)cc2F)c(F)c1.